The van der Waals surface area contributed by atoms with Crippen molar-refractivity contribution >= 4 is 29.3 Å². The number of nitrogens with zero attached hydrogens (tertiary/aromatic N) is 6. The first-order valence-electron chi connectivity index (χ1n) is 14.0. The first-order valence-corrected chi connectivity index (χ1v) is 15.2. The third-order valence-corrected chi connectivity index (χ3v) is 8.04. The number of rotatable bonds is 11. The van der Waals surface area contributed by atoms with Crippen molar-refractivity contribution in [3.8, 4) is 16.9 Å². The van der Waals surface area contributed by atoms with Crippen molar-refractivity contribution in [3.63, 3.8) is 0 Å². The highest BCUT2D eigenvalue weighted by Gasteiger charge is 2.24. The Balaban J connectivity index is 1.33. The largest absolute Gasteiger partial charge is 0.497 e. The van der Waals surface area contributed by atoms with Crippen LogP contribution in [-0.4, -0.2) is 89.2 Å². The number of anilines is 1. The third kappa shape index (κ3) is 6.47. The van der Waals surface area contributed by atoms with E-state index in [1.54, 1.807) is 7.11 Å². The molecule has 214 valence electrons. The van der Waals surface area contributed by atoms with Gasteiger partial charge in [0.1, 0.15) is 5.75 Å². The molecular weight excluding hydrogens is 538 g/mol. The zero-order valence-corrected chi connectivity index (χ0v) is 24.3. The van der Waals surface area contributed by atoms with E-state index in [4.69, 9.17) is 24.5 Å². The normalized spacial score (nSPS) is 15.7. The van der Waals surface area contributed by atoms with E-state index < -0.39 is 0 Å². The Morgan fingerprint density at radius 1 is 1.10 bits per heavy atom. The molecule has 2 fully saturated rings. The van der Waals surface area contributed by atoms with Crippen LogP contribution in [0.4, 0.5) is 5.95 Å². The summed E-state index contributed by atoms with van der Waals surface area (Å²) in [6.45, 7) is 5.68. The molecule has 1 aliphatic heterocycles. The number of aromatic nitrogens is 4. The molecule has 1 saturated carbocycles. The van der Waals surface area contributed by atoms with Gasteiger partial charge in [-0.25, -0.2) is 4.98 Å². The molecule has 0 radical (unpaired) electrons. The maximum atomic E-state index is 12.5. The van der Waals surface area contributed by atoms with Crippen LogP contribution in [0, 0.1) is 0 Å². The van der Waals surface area contributed by atoms with E-state index in [1.807, 2.05) is 53.4 Å². The molecule has 4 aromatic rings. The van der Waals surface area contributed by atoms with Gasteiger partial charge in [0.2, 0.25) is 5.95 Å². The van der Waals surface area contributed by atoms with Gasteiger partial charge in [-0.05, 0) is 54.5 Å². The molecule has 2 aromatic carbocycles. The van der Waals surface area contributed by atoms with Crippen LogP contribution in [-0.2, 0) is 11.3 Å². The molecule has 0 unspecified atom stereocenters. The van der Waals surface area contributed by atoms with E-state index in [-0.39, 0.29) is 5.91 Å². The molecule has 2 aliphatic rings. The number of ether oxygens (including phenoxy) is 2. The van der Waals surface area contributed by atoms with Crippen molar-refractivity contribution in [3.05, 3.63) is 65.9 Å². The molecule has 0 atom stereocenters. The number of hydrogen-bond donors (Lipinski definition) is 1. The highest BCUT2D eigenvalue weighted by Crippen LogP contribution is 2.29. The molecule has 10 nitrogen and oxygen atoms in total. The monoisotopic (exact) mass is 573 g/mol. The van der Waals surface area contributed by atoms with E-state index in [1.165, 1.54) is 11.8 Å². The van der Waals surface area contributed by atoms with Gasteiger partial charge < -0.3 is 19.7 Å². The van der Waals surface area contributed by atoms with Crippen LogP contribution in [0.15, 0.2) is 59.9 Å². The highest BCUT2D eigenvalue weighted by molar-refractivity contribution is 7.98. The highest BCUT2D eigenvalue weighted by atomic mass is 32.2. The summed E-state index contributed by atoms with van der Waals surface area (Å²) in [5.41, 5.74) is 4.40. The topological polar surface area (TPSA) is 97.1 Å². The van der Waals surface area contributed by atoms with E-state index in [2.05, 4.69) is 27.2 Å². The zero-order valence-electron chi connectivity index (χ0n) is 23.5. The molecule has 1 saturated heterocycles. The van der Waals surface area contributed by atoms with Crippen molar-refractivity contribution in [2.24, 2.45) is 0 Å². The van der Waals surface area contributed by atoms with Gasteiger partial charge in [0, 0.05) is 49.9 Å². The Labute approximate surface area is 244 Å². The van der Waals surface area contributed by atoms with E-state index >= 15 is 0 Å². The third-order valence-electron chi connectivity index (χ3n) is 7.49. The zero-order chi connectivity index (χ0) is 28.2. The predicted octanol–water partition coefficient (Wildman–Crippen LogP) is 3.75. The summed E-state index contributed by atoms with van der Waals surface area (Å²) >= 11 is 1.51. The lowest BCUT2D eigenvalue weighted by molar-refractivity contribution is 0.0391. The maximum Gasteiger partial charge on any atom is 0.251 e. The van der Waals surface area contributed by atoms with Crippen molar-refractivity contribution in [2.45, 2.75) is 30.6 Å². The molecule has 1 N–H and O–H groups in total. The van der Waals surface area contributed by atoms with E-state index in [9.17, 15) is 4.79 Å². The minimum atomic E-state index is -0.0253. The van der Waals surface area contributed by atoms with Crippen molar-refractivity contribution in [1.29, 1.82) is 0 Å². The van der Waals surface area contributed by atoms with E-state index in [0.717, 1.165) is 86.3 Å². The number of carbonyl (C=O) groups excluding carboxylic acids is 1. The first-order chi connectivity index (χ1) is 20.1. The number of thioether (sulfide) groups is 1. The summed E-state index contributed by atoms with van der Waals surface area (Å²) < 4.78 is 12.8. The Hall–Kier alpha value is -3.67. The molecule has 0 bridgehead atoms. The second kappa shape index (κ2) is 12.5. The van der Waals surface area contributed by atoms with Crippen LogP contribution in [0.1, 0.15) is 28.8 Å². The molecule has 2 aromatic heterocycles. The van der Waals surface area contributed by atoms with Gasteiger partial charge >= 0.3 is 0 Å². The van der Waals surface area contributed by atoms with Gasteiger partial charge in [0.05, 0.1) is 26.5 Å². The maximum absolute atomic E-state index is 12.5. The van der Waals surface area contributed by atoms with Crippen molar-refractivity contribution in [1.82, 2.24) is 29.8 Å². The second-order valence-corrected chi connectivity index (χ2v) is 11.1. The fraction of sp³-hybridized carbons (Fsp3) is 0.400. The fourth-order valence-electron chi connectivity index (χ4n) is 4.93. The number of amides is 1. The van der Waals surface area contributed by atoms with Crippen LogP contribution in [0.5, 0.6) is 5.75 Å². The van der Waals surface area contributed by atoms with Gasteiger partial charge in [-0.2, -0.15) is 14.6 Å². The van der Waals surface area contributed by atoms with E-state index in [0.29, 0.717) is 23.3 Å². The van der Waals surface area contributed by atoms with Gasteiger partial charge in [-0.3, -0.25) is 9.69 Å². The average Bonchev–Trinajstić information content (AvgIpc) is 3.74. The number of morpholine rings is 1. The summed E-state index contributed by atoms with van der Waals surface area (Å²) in [5, 5.41) is 8.50. The standard InChI is InChI=1S/C30H35N7O3S/c1-39-25-11-3-21(4-12-25)20-36(14-13-35-15-17-40-18-16-35)30-34-29(41-2)33-27-26(19-31-37(27)30)22-5-7-23(8-6-22)28(38)32-24-9-10-24/h3-8,11-12,19,24H,9-10,13-18,20H2,1-2H3,(H,32,38). The number of benzene rings is 2. The number of nitrogens with one attached hydrogen (secondary N) is 1. The van der Waals surface area contributed by atoms with Crippen LogP contribution >= 0.6 is 11.8 Å². The molecular formula is C30H35N7O3S. The number of fused-ring (bicyclic) bond motifs is 1. The molecule has 0 spiro atoms. The first kappa shape index (κ1) is 27.5. The lowest BCUT2D eigenvalue weighted by Crippen LogP contribution is -2.42. The van der Waals surface area contributed by atoms with Gasteiger partial charge in [-0.1, -0.05) is 36.0 Å². The Kier molecular flexibility index (Phi) is 8.36. The number of carbonyl (C=O) groups is 1. The molecule has 1 amide bonds. The molecule has 1 aliphatic carbocycles. The van der Waals surface area contributed by atoms with Gasteiger partial charge in [0.15, 0.2) is 10.8 Å². The average molecular weight is 574 g/mol. The summed E-state index contributed by atoms with van der Waals surface area (Å²) in [4.78, 5) is 27.0. The van der Waals surface area contributed by atoms with Crippen LogP contribution in [0.25, 0.3) is 16.8 Å². The SMILES string of the molecule is COc1ccc(CN(CCN2CCOCC2)c2nc(SC)nc3c(-c4ccc(C(=O)NC5CC5)cc4)cnn23)cc1. The van der Waals surface area contributed by atoms with Crippen molar-refractivity contribution < 1.29 is 14.3 Å². The lowest BCUT2D eigenvalue weighted by Gasteiger charge is -2.30. The second-order valence-electron chi connectivity index (χ2n) is 10.4. The summed E-state index contributed by atoms with van der Waals surface area (Å²) in [5.74, 6) is 1.55. The van der Waals surface area contributed by atoms with Crippen molar-refractivity contribution in [2.75, 3.05) is 57.7 Å². The summed E-state index contributed by atoms with van der Waals surface area (Å²) in [6.07, 6.45) is 5.95. The Bertz CT molecular complexity index is 1480. The quantitative estimate of drug-likeness (QED) is 0.269. The van der Waals surface area contributed by atoms with Crippen LogP contribution < -0.4 is 15.0 Å². The fourth-order valence-corrected chi connectivity index (χ4v) is 5.28. The van der Waals surface area contributed by atoms with Crippen LogP contribution in [0.3, 0.4) is 0 Å². The van der Waals surface area contributed by atoms with Gasteiger partial charge in [-0.15, -0.1) is 0 Å². The Morgan fingerprint density at radius 2 is 1.85 bits per heavy atom. The predicted molar refractivity (Wildman–Crippen MR) is 160 cm³/mol. The summed E-state index contributed by atoms with van der Waals surface area (Å²) in [6, 6.07) is 16.1. The lowest BCUT2D eigenvalue weighted by atomic mass is 10.1. The number of hydrogen-bond acceptors (Lipinski definition) is 9. The van der Waals surface area contributed by atoms with Crippen LogP contribution in [0.2, 0.25) is 0 Å². The minimum absolute atomic E-state index is 0.0253. The molecule has 41 heavy (non-hydrogen) atoms. The Morgan fingerprint density at radius 3 is 2.54 bits per heavy atom. The minimum Gasteiger partial charge on any atom is -0.497 e. The summed E-state index contributed by atoms with van der Waals surface area (Å²) in [7, 11) is 1.68. The van der Waals surface area contributed by atoms with Gasteiger partial charge in [0.25, 0.3) is 5.91 Å². The molecule has 11 heteroatoms. The number of methoxy groups -OCH3 is 1. The smallest absolute Gasteiger partial charge is 0.251 e. The molecule has 6 rings (SSSR count). The molecule has 3 heterocycles.